The van der Waals surface area contributed by atoms with E-state index in [-0.39, 0.29) is 6.54 Å². The molecule has 0 aromatic heterocycles. The van der Waals surface area contributed by atoms with Crippen molar-refractivity contribution < 1.29 is 0 Å². The summed E-state index contributed by atoms with van der Waals surface area (Å²) in [5.41, 5.74) is 17.4. The van der Waals surface area contributed by atoms with Crippen LogP contribution >= 0.6 is 0 Å². The lowest BCUT2D eigenvalue weighted by molar-refractivity contribution is 1.25. The van der Waals surface area contributed by atoms with E-state index in [2.05, 4.69) is 31.9 Å². The van der Waals surface area contributed by atoms with Crippen molar-refractivity contribution in [3.63, 3.8) is 0 Å². The van der Waals surface area contributed by atoms with Crippen LogP contribution in [-0.4, -0.2) is 6.54 Å². The zero-order valence-corrected chi connectivity index (χ0v) is 7.70. The molecule has 0 amide bonds. The average molecular weight is 198 g/mol. The molecule has 1 rings (SSSR count). The quantitative estimate of drug-likeness (QED) is 0.301. The molecule has 6 heteroatoms. The van der Waals surface area contributed by atoms with Gasteiger partial charge in [-0.2, -0.15) is 0 Å². The zero-order valence-electron chi connectivity index (χ0n) is 7.70. The molecule has 0 saturated carbocycles. The topological polar surface area (TPSA) is 97.5 Å². The van der Waals surface area contributed by atoms with Crippen molar-refractivity contribution in [1.82, 2.24) is 0 Å². The van der Waals surface area contributed by atoms with Gasteiger partial charge < -0.3 is 0 Å². The molecule has 0 aliphatic carbocycles. The van der Waals surface area contributed by atoms with Crippen LogP contribution in [0.5, 0.6) is 0 Å². The van der Waals surface area contributed by atoms with Gasteiger partial charge in [-0.25, -0.2) is 0 Å². The molecule has 0 bridgehead atoms. The SMILES string of the molecule is [N-]=[N+]=NCC#Cc1ccccc1N=[N+]=[N-]. The molecule has 0 aliphatic rings. The molecule has 0 spiro atoms. The Kier molecular flexibility index (Phi) is 4.15. The largest absolute Gasteiger partial charge is 0.0919 e. The lowest BCUT2D eigenvalue weighted by Crippen LogP contribution is -1.75. The van der Waals surface area contributed by atoms with Gasteiger partial charge in [0, 0.05) is 15.4 Å². The van der Waals surface area contributed by atoms with Crippen molar-refractivity contribution in [3.8, 4) is 11.8 Å². The van der Waals surface area contributed by atoms with Crippen molar-refractivity contribution in [2.45, 2.75) is 0 Å². The summed E-state index contributed by atoms with van der Waals surface area (Å²) in [6.45, 7) is 0.0983. The maximum absolute atomic E-state index is 8.30. The summed E-state index contributed by atoms with van der Waals surface area (Å²) in [5.74, 6) is 5.40. The third-order valence-electron chi connectivity index (χ3n) is 1.49. The van der Waals surface area contributed by atoms with Gasteiger partial charge in [-0.05, 0) is 17.1 Å². The van der Waals surface area contributed by atoms with Gasteiger partial charge in [-0.15, -0.1) is 0 Å². The van der Waals surface area contributed by atoms with Crippen molar-refractivity contribution in [1.29, 1.82) is 0 Å². The Labute approximate surface area is 85.8 Å². The second kappa shape index (κ2) is 5.95. The van der Waals surface area contributed by atoms with Gasteiger partial charge >= 0.3 is 0 Å². The first-order valence-electron chi connectivity index (χ1n) is 4.02. The van der Waals surface area contributed by atoms with Crippen molar-refractivity contribution in [2.24, 2.45) is 10.2 Å². The molecule has 72 valence electrons. The Morgan fingerprint density at radius 1 is 1.20 bits per heavy atom. The highest BCUT2D eigenvalue weighted by Crippen LogP contribution is 2.17. The summed E-state index contributed by atoms with van der Waals surface area (Å²) < 4.78 is 0. The van der Waals surface area contributed by atoms with Crippen molar-refractivity contribution in [2.75, 3.05) is 6.54 Å². The second-order valence-corrected chi connectivity index (χ2v) is 2.40. The summed E-state index contributed by atoms with van der Waals surface area (Å²) in [5, 5.41) is 6.75. The van der Waals surface area contributed by atoms with Crippen LogP contribution in [0.15, 0.2) is 34.5 Å². The normalized spacial score (nSPS) is 7.73. The molecule has 0 radical (unpaired) electrons. The minimum atomic E-state index is 0.0983. The Balaban J connectivity index is 2.96. The Morgan fingerprint density at radius 2 is 2.00 bits per heavy atom. The minimum Gasteiger partial charge on any atom is -0.0919 e. The Bertz CT molecular complexity index is 497. The predicted octanol–water partition coefficient (Wildman–Crippen LogP) is 3.29. The van der Waals surface area contributed by atoms with Gasteiger partial charge in [0.2, 0.25) is 0 Å². The van der Waals surface area contributed by atoms with E-state index in [4.69, 9.17) is 11.1 Å². The molecule has 0 fully saturated rings. The first-order valence-corrected chi connectivity index (χ1v) is 4.02. The van der Waals surface area contributed by atoms with E-state index in [1.54, 1.807) is 24.3 Å². The summed E-state index contributed by atoms with van der Waals surface area (Å²) >= 11 is 0. The van der Waals surface area contributed by atoms with Crippen LogP contribution in [0.4, 0.5) is 5.69 Å². The van der Waals surface area contributed by atoms with Crippen molar-refractivity contribution >= 4 is 5.69 Å². The summed E-state index contributed by atoms with van der Waals surface area (Å²) in [4.78, 5) is 5.25. The van der Waals surface area contributed by atoms with Crippen LogP contribution in [0.2, 0.25) is 0 Å². The van der Waals surface area contributed by atoms with Gasteiger partial charge in [0.15, 0.2) is 0 Å². The molecular formula is C9H6N6. The fourth-order valence-corrected chi connectivity index (χ4v) is 0.916. The molecule has 1 aromatic rings. The lowest BCUT2D eigenvalue weighted by atomic mass is 10.2. The van der Waals surface area contributed by atoms with Crippen LogP contribution in [0.25, 0.3) is 20.9 Å². The van der Waals surface area contributed by atoms with Crippen LogP contribution in [0, 0.1) is 11.8 Å². The third kappa shape index (κ3) is 3.33. The van der Waals surface area contributed by atoms with Crippen LogP contribution in [-0.2, 0) is 0 Å². The van der Waals surface area contributed by atoms with Crippen LogP contribution in [0.3, 0.4) is 0 Å². The molecule has 0 aliphatic heterocycles. The first-order chi connectivity index (χ1) is 7.38. The monoisotopic (exact) mass is 198 g/mol. The van der Waals surface area contributed by atoms with Crippen LogP contribution in [0.1, 0.15) is 5.56 Å². The molecule has 0 unspecified atom stereocenters. The van der Waals surface area contributed by atoms with Gasteiger partial charge in [0.05, 0.1) is 12.2 Å². The molecule has 0 heterocycles. The fourth-order valence-electron chi connectivity index (χ4n) is 0.916. The second-order valence-electron chi connectivity index (χ2n) is 2.40. The minimum absolute atomic E-state index is 0.0983. The summed E-state index contributed by atoms with van der Waals surface area (Å²) in [6, 6.07) is 6.93. The highest BCUT2D eigenvalue weighted by molar-refractivity contribution is 5.54. The smallest absolute Gasteiger partial charge is 0.0880 e. The molecule has 0 atom stereocenters. The van der Waals surface area contributed by atoms with E-state index in [1.165, 1.54) is 0 Å². The van der Waals surface area contributed by atoms with E-state index in [9.17, 15) is 0 Å². The molecule has 0 saturated heterocycles. The van der Waals surface area contributed by atoms with Gasteiger partial charge in [0.25, 0.3) is 0 Å². The van der Waals surface area contributed by atoms with Crippen LogP contribution < -0.4 is 0 Å². The average Bonchev–Trinajstić information content (AvgIpc) is 2.27. The molecule has 6 nitrogen and oxygen atoms in total. The number of hydrogen-bond acceptors (Lipinski definition) is 2. The first kappa shape index (κ1) is 10.5. The van der Waals surface area contributed by atoms with Gasteiger partial charge in [-0.1, -0.05) is 40.3 Å². The zero-order chi connectivity index (χ0) is 10.9. The van der Waals surface area contributed by atoms with E-state index in [0.29, 0.717) is 11.3 Å². The third-order valence-corrected chi connectivity index (χ3v) is 1.49. The Hall–Kier alpha value is -2.60. The molecule has 1 aromatic carbocycles. The number of azide groups is 2. The lowest BCUT2D eigenvalue weighted by Gasteiger charge is -1.94. The maximum Gasteiger partial charge on any atom is 0.0880 e. The van der Waals surface area contributed by atoms with Gasteiger partial charge in [-0.3, -0.25) is 0 Å². The highest BCUT2D eigenvalue weighted by atomic mass is 15.1. The number of rotatable bonds is 2. The van der Waals surface area contributed by atoms with E-state index >= 15 is 0 Å². The molecule has 15 heavy (non-hydrogen) atoms. The fraction of sp³-hybridized carbons (Fsp3) is 0.111. The molecular weight excluding hydrogens is 192 g/mol. The number of hydrogen-bond donors (Lipinski definition) is 0. The standard InChI is InChI=1S/C9H6N6/c10-14-12-7-3-5-8-4-1-2-6-9(8)13-15-11/h1-2,4,6H,7H2. The Morgan fingerprint density at radius 3 is 2.73 bits per heavy atom. The number of benzene rings is 1. The number of nitrogens with zero attached hydrogens (tertiary/aromatic N) is 6. The van der Waals surface area contributed by atoms with Crippen molar-refractivity contribution in [3.05, 3.63) is 50.7 Å². The highest BCUT2D eigenvalue weighted by Gasteiger charge is 1.93. The predicted molar refractivity (Wildman–Crippen MR) is 56.1 cm³/mol. The molecule has 0 N–H and O–H groups in total. The summed E-state index contributed by atoms with van der Waals surface area (Å²) in [6.07, 6.45) is 0. The summed E-state index contributed by atoms with van der Waals surface area (Å²) in [7, 11) is 0. The van der Waals surface area contributed by atoms with E-state index in [0.717, 1.165) is 0 Å². The van der Waals surface area contributed by atoms with E-state index < -0.39 is 0 Å². The maximum atomic E-state index is 8.30. The van der Waals surface area contributed by atoms with Gasteiger partial charge in [0.1, 0.15) is 0 Å². The van der Waals surface area contributed by atoms with E-state index in [1.807, 2.05) is 0 Å².